The smallest absolute Gasteiger partial charge is 0.0388 e. The Balaban J connectivity index is 3.16. The molecule has 0 unspecified atom stereocenters. The van der Waals surface area contributed by atoms with Crippen LogP contribution >= 0.6 is 0 Å². The monoisotopic (exact) mass is 205 g/mol. The third-order valence-electron chi connectivity index (χ3n) is 3.19. The minimum Gasteiger partial charge on any atom is -0.374 e. The maximum Gasteiger partial charge on any atom is 0.0388 e. The molecular formula is C14H23N. The van der Waals surface area contributed by atoms with E-state index in [-0.39, 0.29) is 0 Å². The Morgan fingerprint density at radius 2 is 2.07 bits per heavy atom. The number of allylic oxidation sites excluding steroid dienone is 5. The number of rotatable bonds is 2. The third kappa shape index (κ3) is 2.53. The molecule has 1 aliphatic rings. The molecule has 0 bridgehead atoms. The number of likely N-dealkylation sites (N-methyl/N-ethyl adjacent to an activating group) is 1. The molecule has 0 aromatic carbocycles. The third-order valence-corrected chi connectivity index (χ3v) is 3.19. The molecular weight excluding hydrogens is 182 g/mol. The molecule has 1 saturated heterocycles. The number of hydrogen-bond donors (Lipinski definition) is 0. The zero-order valence-corrected chi connectivity index (χ0v) is 10.7. The highest BCUT2D eigenvalue weighted by Crippen LogP contribution is 2.32. The van der Waals surface area contributed by atoms with Crippen LogP contribution in [0.25, 0.3) is 0 Å². The molecule has 0 aromatic rings. The van der Waals surface area contributed by atoms with Gasteiger partial charge in [-0.2, -0.15) is 0 Å². The summed E-state index contributed by atoms with van der Waals surface area (Å²) in [5, 5.41) is 0. The van der Waals surface area contributed by atoms with Gasteiger partial charge in [0.25, 0.3) is 0 Å². The average Bonchev–Trinajstić information content (AvgIpc) is 2.59. The van der Waals surface area contributed by atoms with Crippen LogP contribution in [0, 0.1) is 0 Å². The molecule has 1 rings (SSSR count). The van der Waals surface area contributed by atoms with Crippen molar-refractivity contribution >= 4 is 0 Å². The topological polar surface area (TPSA) is 3.24 Å². The van der Waals surface area contributed by atoms with Crippen molar-refractivity contribution in [2.45, 2.75) is 40.5 Å². The molecule has 1 aliphatic heterocycles. The summed E-state index contributed by atoms with van der Waals surface area (Å²) < 4.78 is 0. The van der Waals surface area contributed by atoms with Gasteiger partial charge in [0.15, 0.2) is 0 Å². The van der Waals surface area contributed by atoms with Gasteiger partial charge in [0.1, 0.15) is 0 Å². The van der Waals surface area contributed by atoms with Crippen LogP contribution in [0.4, 0.5) is 0 Å². The molecule has 15 heavy (non-hydrogen) atoms. The fraction of sp³-hybridized carbons (Fsp3) is 0.571. The van der Waals surface area contributed by atoms with Gasteiger partial charge < -0.3 is 4.90 Å². The number of nitrogens with zero attached hydrogens (tertiary/aromatic N) is 1. The van der Waals surface area contributed by atoms with Crippen LogP contribution < -0.4 is 0 Å². The molecule has 1 fully saturated rings. The Bertz CT molecular complexity index is 318. The van der Waals surface area contributed by atoms with Crippen LogP contribution in [0.15, 0.2) is 34.6 Å². The maximum absolute atomic E-state index is 2.39. The van der Waals surface area contributed by atoms with Crippen molar-refractivity contribution in [3.8, 4) is 0 Å². The van der Waals surface area contributed by atoms with Gasteiger partial charge in [-0.1, -0.05) is 19.1 Å². The summed E-state index contributed by atoms with van der Waals surface area (Å²) in [5.41, 5.74) is 5.95. The lowest BCUT2D eigenvalue weighted by Crippen LogP contribution is -2.12. The molecule has 0 spiro atoms. The van der Waals surface area contributed by atoms with Crippen LogP contribution in [0.2, 0.25) is 0 Å². The van der Waals surface area contributed by atoms with Crippen LogP contribution in [-0.4, -0.2) is 18.5 Å². The molecule has 1 heterocycles. The predicted octanol–water partition coefficient (Wildman–Crippen LogP) is 3.90. The summed E-state index contributed by atoms with van der Waals surface area (Å²) in [6.07, 6.45) is 6.68. The molecule has 0 atom stereocenters. The standard InChI is InChI=1S/C14H23N/c1-6-8-12(4)13-9-10-15(5)14(13)11(3)7-2/h6,8H,7,9-10H2,1-5H3/b8-6-,13-12-,14-11?. The van der Waals surface area contributed by atoms with Crippen LogP contribution in [-0.2, 0) is 0 Å². The van der Waals surface area contributed by atoms with E-state index in [4.69, 9.17) is 0 Å². The molecule has 0 aromatic heterocycles. The molecule has 0 N–H and O–H groups in total. The van der Waals surface area contributed by atoms with E-state index in [0.29, 0.717) is 0 Å². The zero-order valence-electron chi connectivity index (χ0n) is 10.7. The van der Waals surface area contributed by atoms with Crippen LogP contribution in [0.5, 0.6) is 0 Å². The lowest BCUT2D eigenvalue weighted by atomic mass is 10.0. The van der Waals surface area contributed by atoms with Gasteiger partial charge in [-0.05, 0) is 50.3 Å². The minimum atomic E-state index is 1.15. The summed E-state index contributed by atoms with van der Waals surface area (Å²) in [6.45, 7) is 9.95. The van der Waals surface area contributed by atoms with E-state index in [1.165, 1.54) is 28.8 Å². The molecule has 0 radical (unpaired) electrons. The molecule has 1 nitrogen and oxygen atoms in total. The van der Waals surface area contributed by atoms with Gasteiger partial charge in [-0.3, -0.25) is 0 Å². The summed E-state index contributed by atoms with van der Waals surface area (Å²) in [7, 11) is 2.20. The Kier molecular flexibility index (Phi) is 4.19. The highest BCUT2D eigenvalue weighted by atomic mass is 15.1. The van der Waals surface area contributed by atoms with Gasteiger partial charge in [-0.25, -0.2) is 0 Å². The molecule has 0 saturated carbocycles. The van der Waals surface area contributed by atoms with Gasteiger partial charge in [0.2, 0.25) is 0 Å². The van der Waals surface area contributed by atoms with E-state index in [1.54, 1.807) is 0 Å². The highest BCUT2D eigenvalue weighted by Gasteiger charge is 2.21. The first-order valence-electron chi connectivity index (χ1n) is 5.85. The van der Waals surface area contributed by atoms with E-state index in [1.807, 2.05) is 0 Å². The van der Waals surface area contributed by atoms with Gasteiger partial charge in [0.05, 0.1) is 0 Å². The summed E-state index contributed by atoms with van der Waals surface area (Å²) in [6, 6.07) is 0. The Labute approximate surface area is 94.2 Å². The van der Waals surface area contributed by atoms with Crippen molar-refractivity contribution in [3.63, 3.8) is 0 Å². The second-order valence-electron chi connectivity index (χ2n) is 4.32. The summed E-state index contributed by atoms with van der Waals surface area (Å²) in [4.78, 5) is 2.39. The Morgan fingerprint density at radius 1 is 1.40 bits per heavy atom. The van der Waals surface area contributed by atoms with Gasteiger partial charge in [-0.15, -0.1) is 0 Å². The van der Waals surface area contributed by atoms with E-state index in [2.05, 4.69) is 51.8 Å². The molecule has 84 valence electrons. The van der Waals surface area contributed by atoms with E-state index in [9.17, 15) is 0 Å². The van der Waals surface area contributed by atoms with Crippen molar-refractivity contribution in [1.82, 2.24) is 4.90 Å². The Hall–Kier alpha value is -0.980. The number of likely N-dealkylation sites (tertiary alicyclic amines) is 1. The fourth-order valence-corrected chi connectivity index (χ4v) is 2.23. The van der Waals surface area contributed by atoms with E-state index >= 15 is 0 Å². The normalized spacial score (nSPS) is 23.9. The number of hydrogen-bond acceptors (Lipinski definition) is 1. The quantitative estimate of drug-likeness (QED) is 0.661. The second kappa shape index (κ2) is 5.20. The minimum absolute atomic E-state index is 1.15. The van der Waals surface area contributed by atoms with Gasteiger partial charge in [0, 0.05) is 19.3 Å². The van der Waals surface area contributed by atoms with E-state index < -0.39 is 0 Å². The van der Waals surface area contributed by atoms with Crippen LogP contribution in [0.3, 0.4) is 0 Å². The van der Waals surface area contributed by atoms with Crippen molar-refractivity contribution in [2.24, 2.45) is 0 Å². The van der Waals surface area contributed by atoms with Crippen molar-refractivity contribution < 1.29 is 0 Å². The first-order valence-corrected chi connectivity index (χ1v) is 5.85. The molecule has 0 amide bonds. The van der Waals surface area contributed by atoms with E-state index in [0.717, 1.165) is 13.0 Å². The lowest BCUT2D eigenvalue weighted by molar-refractivity contribution is 0.476. The lowest BCUT2D eigenvalue weighted by Gasteiger charge is -2.17. The highest BCUT2D eigenvalue weighted by molar-refractivity contribution is 5.43. The SMILES string of the molecule is C/C=C\C(C)=C1\CCN(C)C1=C(C)CC. The fourth-order valence-electron chi connectivity index (χ4n) is 2.23. The Morgan fingerprint density at radius 3 is 2.60 bits per heavy atom. The summed E-state index contributed by atoms with van der Waals surface area (Å²) >= 11 is 0. The van der Waals surface area contributed by atoms with Crippen molar-refractivity contribution in [1.29, 1.82) is 0 Å². The first kappa shape index (κ1) is 12.1. The maximum atomic E-state index is 2.39. The van der Waals surface area contributed by atoms with Crippen molar-refractivity contribution in [2.75, 3.05) is 13.6 Å². The zero-order chi connectivity index (χ0) is 11.4. The largest absolute Gasteiger partial charge is 0.374 e. The van der Waals surface area contributed by atoms with Crippen molar-refractivity contribution in [3.05, 3.63) is 34.6 Å². The average molecular weight is 205 g/mol. The first-order chi connectivity index (χ1) is 7.11. The predicted molar refractivity (Wildman–Crippen MR) is 67.8 cm³/mol. The second-order valence-corrected chi connectivity index (χ2v) is 4.32. The summed E-state index contributed by atoms with van der Waals surface area (Å²) in [5.74, 6) is 0. The van der Waals surface area contributed by atoms with Gasteiger partial charge >= 0.3 is 0 Å². The molecule has 0 aliphatic carbocycles. The van der Waals surface area contributed by atoms with Crippen LogP contribution in [0.1, 0.15) is 40.5 Å². The molecule has 1 heteroatoms.